The third-order valence-electron chi connectivity index (χ3n) is 2.51. The number of nitrogens with one attached hydrogen (secondary N) is 1. The smallest absolute Gasteiger partial charge is 0.293 e. The first kappa shape index (κ1) is 11.3. The molecule has 0 atom stereocenters. The maximum atomic E-state index is 13.3. The van der Waals surface area contributed by atoms with E-state index in [9.17, 15) is 14.5 Å². The number of halogens is 2. The number of benzene rings is 1. The van der Waals surface area contributed by atoms with Crippen LogP contribution >= 0.6 is 15.9 Å². The van der Waals surface area contributed by atoms with Gasteiger partial charge in [-0.2, -0.15) is 0 Å². The van der Waals surface area contributed by atoms with Crippen molar-refractivity contribution in [2.75, 3.05) is 11.9 Å². The summed E-state index contributed by atoms with van der Waals surface area (Å²) in [7, 11) is 0. The van der Waals surface area contributed by atoms with Crippen molar-refractivity contribution < 1.29 is 9.31 Å². The molecule has 0 unspecified atom stereocenters. The zero-order chi connectivity index (χ0) is 11.7. The summed E-state index contributed by atoms with van der Waals surface area (Å²) < 4.78 is 13.4. The maximum absolute atomic E-state index is 13.3. The molecule has 1 aliphatic carbocycles. The van der Waals surface area contributed by atoms with Gasteiger partial charge in [-0.3, -0.25) is 10.1 Å². The van der Waals surface area contributed by atoms with E-state index < -0.39 is 10.7 Å². The third kappa shape index (κ3) is 2.49. The Hall–Kier alpha value is -1.17. The van der Waals surface area contributed by atoms with Crippen LogP contribution in [0.5, 0.6) is 0 Å². The van der Waals surface area contributed by atoms with Crippen molar-refractivity contribution >= 4 is 27.3 Å². The van der Waals surface area contributed by atoms with E-state index in [0.29, 0.717) is 12.5 Å². The second-order valence-electron chi connectivity index (χ2n) is 3.86. The molecular weight excluding hydrogens is 279 g/mol. The molecule has 16 heavy (non-hydrogen) atoms. The molecule has 0 amide bonds. The maximum Gasteiger partial charge on any atom is 0.293 e. The van der Waals surface area contributed by atoms with Crippen molar-refractivity contribution in [1.29, 1.82) is 0 Å². The second kappa shape index (κ2) is 4.37. The summed E-state index contributed by atoms with van der Waals surface area (Å²) in [6, 6.07) is 2.34. The molecule has 1 aliphatic rings. The Morgan fingerprint density at radius 2 is 2.25 bits per heavy atom. The minimum Gasteiger partial charge on any atom is -0.379 e. The SMILES string of the molecule is O=[N+]([O-])c1cc(Br)c(F)cc1NCC1CC1. The number of nitro benzene ring substituents is 1. The molecule has 0 aliphatic heterocycles. The van der Waals surface area contributed by atoms with Crippen LogP contribution in [-0.4, -0.2) is 11.5 Å². The molecule has 2 rings (SSSR count). The van der Waals surface area contributed by atoms with Crippen molar-refractivity contribution in [3.05, 3.63) is 32.5 Å². The lowest BCUT2D eigenvalue weighted by molar-refractivity contribution is -0.384. The number of rotatable bonds is 4. The van der Waals surface area contributed by atoms with Crippen molar-refractivity contribution in [3.8, 4) is 0 Å². The molecule has 0 radical (unpaired) electrons. The van der Waals surface area contributed by atoms with Crippen LogP contribution in [0.1, 0.15) is 12.8 Å². The molecule has 1 saturated carbocycles. The molecule has 6 heteroatoms. The molecule has 0 spiro atoms. The van der Waals surface area contributed by atoms with Crippen LogP contribution in [0.3, 0.4) is 0 Å². The molecule has 4 nitrogen and oxygen atoms in total. The molecule has 1 aromatic carbocycles. The second-order valence-corrected chi connectivity index (χ2v) is 4.72. The summed E-state index contributed by atoms with van der Waals surface area (Å²) in [5.41, 5.74) is 0.145. The van der Waals surface area contributed by atoms with Gasteiger partial charge in [-0.1, -0.05) is 0 Å². The molecule has 0 aromatic heterocycles. The lowest BCUT2D eigenvalue weighted by Gasteiger charge is -2.07. The monoisotopic (exact) mass is 288 g/mol. The predicted octanol–water partition coefficient (Wildman–Crippen LogP) is 3.32. The summed E-state index contributed by atoms with van der Waals surface area (Å²) in [4.78, 5) is 10.3. The topological polar surface area (TPSA) is 55.2 Å². The van der Waals surface area contributed by atoms with E-state index in [0.717, 1.165) is 18.9 Å². The fraction of sp³-hybridized carbons (Fsp3) is 0.400. The van der Waals surface area contributed by atoms with E-state index in [1.165, 1.54) is 6.07 Å². The zero-order valence-corrected chi connectivity index (χ0v) is 9.96. The number of nitrogens with zero attached hydrogens (tertiary/aromatic N) is 1. The van der Waals surface area contributed by atoms with Gasteiger partial charge in [0, 0.05) is 18.7 Å². The Kier molecular flexibility index (Phi) is 3.09. The largest absolute Gasteiger partial charge is 0.379 e. The van der Waals surface area contributed by atoms with Crippen LogP contribution < -0.4 is 5.32 Å². The summed E-state index contributed by atoms with van der Waals surface area (Å²) in [5.74, 6) is 0.0789. The molecule has 0 bridgehead atoms. The predicted molar refractivity (Wildman–Crippen MR) is 62.0 cm³/mol. The first-order valence-electron chi connectivity index (χ1n) is 4.95. The highest BCUT2D eigenvalue weighted by molar-refractivity contribution is 9.10. The number of anilines is 1. The Balaban J connectivity index is 2.24. The van der Waals surface area contributed by atoms with E-state index in [4.69, 9.17) is 0 Å². The minimum atomic E-state index is -0.514. The van der Waals surface area contributed by atoms with Crippen LogP contribution in [0.25, 0.3) is 0 Å². The molecule has 0 saturated heterocycles. The quantitative estimate of drug-likeness (QED) is 0.683. The fourth-order valence-electron chi connectivity index (χ4n) is 1.41. The molecule has 0 heterocycles. The zero-order valence-electron chi connectivity index (χ0n) is 8.37. The van der Waals surface area contributed by atoms with Crippen LogP contribution in [-0.2, 0) is 0 Å². The molecular formula is C10H10BrFN2O2. The lowest BCUT2D eigenvalue weighted by Crippen LogP contribution is -2.06. The first-order valence-corrected chi connectivity index (χ1v) is 5.74. The Bertz CT molecular complexity index is 435. The van der Waals surface area contributed by atoms with Crippen LogP contribution in [0.2, 0.25) is 0 Å². The average Bonchev–Trinajstić information content (AvgIpc) is 3.02. The van der Waals surface area contributed by atoms with E-state index >= 15 is 0 Å². The summed E-state index contributed by atoms with van der Waals surface area (Å²) in [6.45, 7) is 0.669. The standard InChI is InChI=1S/C10H10BrFN2O2/c11-7-3-10(14(15)16)9(4-8(7)12)13-5-6-1-2-6/h3-4,6,13H,1-2,5H2. The van der Waals surface area contributed by atoms with Gasteiger partial charge in [0.05, 0.1) is 9.40 Å². The van der Waals surface area contributed by atoms with Gasteiger partial charge in [0.15, 0.2) is 0 Å². The molecule has 1 fully saturated rings. The number of hydrogen-bond donors (Lipinski definition) is 1. The summed E-state index contributed by atoms with van der Waals surface area (Å²) in [5, 5.41) is 13.7. The van der Waals surface area contributed by atoms with Gasteiger partial charge in [-0.15, -0.1) is 0 Å². The normalized spacial score (nSPS) is 14.9. The summed E-state index contributed by atoms with van der Waals surface area (Å²) in [6.07, 6.45) is 2.28. The van der Waals surface area contributed by atoms with E-state index in [1.54, 1.807) is 0 Å². The molecule has 1 N–H and O–H groups in total. The highest BCUT2D eigenvalue weighted by atomic mass is 79.9. The lowest BCUT2D eigenvalue weighted by atomic mass is 10.2. The molecule has 86 valence electrons. The van der Waals surface area contributed by atoms with Crippen LogP contribution in [0.15, 0.2) is 16.6 Å². The van der Waals surface area contributed by atoms with E-state index in [-0.39, 0.29) is 15.8 Å². The van der Waals surface area contributed by atoms with Crippen molar-refractivity contribution in [2.45, 2.75) is 12.8 Å². The Labute approximate surface area is 100 Å². The van der Waals surface area contributed by atoms with Crippen molar-refractivity contribution in [3.63, 3.8) is 0 Å². The fourth-order valence-corrected chi connectivity index (χ4v) is 1.74. The van der Waals surface area contributed by atoms with E-state index in [1.807, 2.05) is 0 Å². The van der Waals surface area contributed by atoms with Gasteiger partial charge >= 0.3 is 0 Å². The third-order valence-corrected chi connectivity index (χ3v) is 3.12. The van der Waals surface area contributed by atoms with Crippen LogP contribution in [0.4, 0.5) is 15.8 Å². The summed E-state index contributed by atoms with van der Waals surface area (Å²) >= 11 is 2.93. The number of hydrogen-bond acceptors (Lipinski definition) is 3. The van der Waals surface area contributed by atoms with Gasteiger partial charge in [0.1, 0.15) is 11.5 Å². The van der Waals surface area contributed by atoms with Crippen molar-refractivity contribution in [1.82, 2.24) is 0 Å². The van der Waals surface area contributed by atoms with Gasteiger partial charge in [-0.05, 0) is 34.7 Å². The van der Waals surface area contributed by atoms with Crippen LogP contribution in [0, 0.1) is 21.8 Å². The first-order chi connectivity index (χ1) is 7.58. The van der Waals surface area contributed by atoms with Gasteiger partial charge in [-0.25, -0.2) is 4.39 Å². The van der Waals surface area contributed by atoms with Gasteiger partial charge in [0.25, 0.3) is 5.69 Å². The minimum absolute atomic E-state index is 0.103. The highest BCUT2D eigenvalue weighted by Crippen LogP contribution is 2.33. The van der Waals surface area contributed by atoms with Crippen molar-refractivity contribution in [2.24, 2.45) is 5.92 Å². The van der Waals surface area contributed by atoms with E-state index in [2.05, 4.69) is 21.2 Å². The van der Waals surface area contributed by atoms with Gasteiger partial charge < -0.3 is 5.32 Å². The number of nitro groups is 1. The van der Waals surface area contributed by atoms with Gasteiger partial charge in [0.2, 0.25) is 0 Å². The Morgan fingerprint density at radius 3 is 2.81 bits per heavy atom. The average molecular weight is 289 g/mol. The highest BCUT2D eigenvalue weighted by Gasteiger charge is 2.23. The molecule has 1 aromatic rings. The Morgan fingerprint density at radius 1 is 1.56 bits per heavy atom.